The van der Waals surface area contributed by atoms with Crippen molar-refractivity contribution in [2.45, 2.75) is 40.5 Å². The summed E-state index contributed by atoms with van der Waals surface area (Å²) in [5.41, 5.74) is 1.38. The quantitative estimate of drug-likeness (QED) is 0.491. The van der Waals surface area contributed by atoms with Gasteiger partial charge in [-0.25, -0.2) is 4.58 Å². The van der Waals surface area contributed by atoms with Gasteiger partial charge in [-0.3, -0.25) is 0 Å². The molecule has 0 saturated carbocycles. The Morgan fingerprint density at radius 2 is 1.95 bits per heavy atom. The molecule has 0 aliphatic carbocycles. The lowest BCUT2D eigenvalue weighted by Crippen LogP contribution is -2.01. The molecule has 0 radical (unpaired) electrons. The van der Waals surface area contributed by atoms with Crippen molar-refractivity contribution >= 4 is 6.21 Å². The van der Waals surface area contributed by atoms with E-state index in [1.165, 1.54) is 5.57 Å². The Labute approximate surface area is 119 Å². The van der Waals surface area contributed by atoms with Gasteiger partial charge in [0.2, 0.25) is 0 Å². The molecular weight excluding hydrogens is 230 g/mol. The van der Waals surface area contributed by atoms with Crippen LogP contribution in [0.15, 0.2) is 60.4 Å². The highest BCUT2D eigenvalue weighted by Gasteiger charge is 1.92. The van der Waals surface area contributed by atoms with Gasteiger partial charge in [0.05, 0.1) is 0 Å². The Hall–Kier alpha value is -1.63. The lowest BCUT2D eigenvalue weighted by Gasteiger charge is -1.91. The molecule has 1 heterocycles. The van der Waals surface area contributed by atoms with Crippen LogP contribution >= 0.6 is 0 Å². The summed E-state index contributed by atoms with van der Waals surface area (Å²) in [6, 6.07) is 0. The van der Waals surface area contributed by atoms with E-state index in [0.29, 0.717) is 0 Å². The van der Waals surface area contributed by atoms with Crippen LogP contribution in [0.2, 0.25) is 0 Å². The van der Waals surface area contributed by atoms with Crippen molar-refractivity contribution < 1.29 is 4.58 Å². The van der Waals surface area contributed by atoms with Gasteiger partial charge in [-0.15, -0.1) is 0 Å². The van der Waals surface area contributed by atoms with Gasteiger partial charge in [0.15, 0.2) is 12.4 Å². The molecule has 0 atom stereocenters. The smallest absolute Gasteiger partial charge is 0.168 e. The molecule has 1 aliphatic rings. The normalized spacial score (nSPS) is 15.4. The molecule has 1 aliphatic heterocycles. The van der Waals surface area contributed by atoms with E-state index in [9.17, 15) is 0 Å². The maximum absolute atomic E-state index is 2.16. The zero-order valence-corrected chi connectivity index (χ0v) is 12.8. The van der Waals surface area contributed by atoms with E-state index < -0.39 is 0 Å². The summed E-state index contributed by atoms with van der Waals surface area (Å²) in [6.07, 6.45) is 23.2. The Morgan fingerprint density at radius 1 is 1.16 bits per heavy atom. The van der Waals surface area contributed by atoms with Crippen LogP contribution in [0.3, 0.4) is 0 Å². The number of hydrogen-bond donors (Lipinski definition) is 0. The minimum absolute atomic E-state index is 1.06. The lowest BCUT2D eigenvalue weighted by molar-refractivity contribution is -0.446. The second kappa shape index (κ2) is 12.8. The van der Waals surface area contributed by atoms with Crippen LogP contribution in [0.4, 0.5) is 0 Å². The average molecular weight is 258 g/mol. The van der Waals surface area contributed by atoms with Gasteiger partial charge < -0.3 is 0 Å². The molecule has 0 amide bonds. The Balaban J connectivity index is 0.000000342. The summed E-state index contributed by atoms with van der Waals surface area (Å²) in [7, 11) is 0. The van der Waals surface area contributed by atoms with Crippen LogP contribution in [-0.4, -0.2) is 17.3 Å². The molecule has 0 aromatic rings. The topological polar surface area (TPSA) is 3.01 Å². The van der Waals surface area contributed by atoms with Crippen LogP contribution in [0.5, 0.6) is 0 Å². The zero-order valence-electron chi connectivity index (χ0n) is 12.8. The molecule has 0 unspecified atom stereocenters. The van der Waals surface area contributed by atoms with Crippen LogP contribution < -0.4 is 0 Å². The van der Waals surface area contributed by atoms with Crippen LogP contribution in [0, 0.1) is 0 Å². The SMILES string of the molecule is CC[N+]1=CC=CCC=C1.C\C=C/C=C(\C=C/C)CC. The third-order valence-corrected chi connectivity index (χ3v) is 2.64. The lowest BCUT2D eigenvalue weighted by atomic mass is 10.2. The second-order valence-corrected chi connectivity index (χ2v) is 4.15. The van der Waals surface area contributed by atoms with Gasteiger partial charge in [0.25, 0.3) is 0 Å². The number of allylic oxidation sites excluding steroid dienone is 9. The highest BCUT2D eigenvalue weighted by molar-refractivity contribution is 5.66. The summed E-state index contributed by atoms with van der Waals surface area (Å²) in [5.74, 6) is 0. The maximum atomic E-state index is 2.16. The van der Waals surface area contributed by atoms with Crippen molar-refractivity contribution in [1.29, 1.82) is 0 Å². The molecular formula is C18H28N+. The molecule has 0 saturated heterocycles. The molecule has 104 valence electrons. The second-order valence-electron chi connectivity index (χ2n) is 4.15. The fraction of sp³-hybridized carbons (Fsp3) is 0.389. The summed E-state index contributed by atoms with van der Waals surface area (Å²) in [4.78, 5) is 0. The minimum Gasteiger partial charge on any atom is -0.206 e. The van der Waals surface area contributed by atoms with E-state index in [4.69, 9.17) is 0 Å². The van der Waals surface area contributed by atoms with E-state index >= 15 is 0 Å². The predicted octanol–water partition coefficient (Wildman–Crippen LogP) is 5.04. The third-order valence-electron chi connectivity index (χ3n) is 2.64. The Morgan fingerprint density at radius 3 is 2.53 bits per heavy atom. The summed E-state index contributed by atoms with van der Waals surface area (Å²) < 4.78 is 2.16. The molecule has 0 spiro atoms. The fourth-order valence-electron chi connectivity index (χ4n) is 1.51. The highest BCUT2D eigenvalue weighted by Crippen LogP contribution is 2.01. The Kier molecular flexibility index (Phi) is 11.7. The first-order chi connectivity index (χ1) is 9.28. The third kappa shape index (κ3) is 10.0. The fourth-order valence-corrected chi connectivity index (χ4v) is 1.51. The summed E-state index contributed by atoms with van der Waals surface area (Å²) in [5, 5.41) is 0. The highest BCUT2D eigenvalue weighted by atomic mass is 15.0. The molecule has 0 N–H and O–H groups in total. The van der Waals surface area contributed by atoms with E-state index in [1.807, 2.05) is 19.9 Å². The van der Waals surface area contributed by atoms with Crippen LogP contribution in [-0.2, 0) is 0 Å². The molecule has 0 aromatic heterocycles. The van der Waals surface area contributed by atoms with Crippen molar-refractivity contribution in [2.75, 3.05) is 6.54 Å². The molecule has 1 heteroatoms. The van der Waals surface area contributed by atoms with E-state index in [-0.39, 0.29) is 0 Å². The van der Waals surface area contributed by atoms with Gasteiger partial charge in [0.1, 0.15) is 6.54 Å². The average Bonchev–Trinajstić information content (AvgIpc) is 2.72. The van der Waals surface area contributed by atoms with Crippen molar-refractivity contribution in [2.24, 2.45) is 0 Å². The molecule has 0 aromatic carbocycles. The maximum Gasteiger partial charge on any atom is 0.168 e. The standard InChI is InChI=1S/C10H16.C8H12N/c1-4-7-9-10(6-3)8-5-2;1-2-9-7-5-3-4-6-8-9/h4-5,7-9H,6H2,1-3H3;3,5-8H,2,4H2,1H3/q;+1/b7-4-,8-5-,10-9-;. The number of nitrogens with zero attached hydrogens (tertiary/aromatic N) is 1. The van der Waals surface area contributed by atoms with Gasteiger partial charge in [-0.1, -0.05) is 43.4 Å². The largest absolute Gasteiger partial charge is 0.206 e. The predicted molar refractivity (Wildman–Crippen MR) is 87.8 cm³/mol. The van der Waals surface area contributed by atoms with Crippen molar-refractivity contribution in [3.05, 3.63) is 60.4 Å². The van der Waals surface area contributed by atoms with Gasteiger partial charge in [0, 0.05) is 0 Å². The van der Waals surface area contributed by atoms with Crippen molar-refractivity contribution in [3.63, 3.8) is 0 Å². The summed E-state index contributed by atoms with van der Waals surface area (Å²) >= 11 is 0. The molecule has 0 fully saturated rings. The molecule has 0 bridgehead atoms. The first kappa shape index (κ1) is 17.4. The monoisotopic (exact) mass is 258 g/mol. The molecule has 1 nitrogen and oxygen atoms in total. The van der Waals surface area contributed by atoms with Gasteiger partial charge in [-0.05, 0) is 51.3 Å². The van der Waals surface area contributed by atoms with E-state index in [0.717, 1.165) is 19.4 Å². The first-order valence-corrected chi connectivity index (χ1v) is 7.15. The van der Waals surface area contributed by atoms with Gasteiger partial charge in [-0.2, -0.15) is 0 Å². The summed E-state index contributed by atoms with van der Waals surface area (Å²) in [6.45, 7) is 9.43. The van der Waals surface area contributed by atoms with E-state index in [2.05, 4.69) is 73.4 Å². The number of hydrogen-bond acceptors (Lipinski definition) is 0. The minimum atomic E-state index is 1.06. The van der Waals surface area contributed by atoms with Crippen LogP contribution in [0.25, 0.3) is 0 Å². The van der Waals surface area contributed by atoms with E-state index in [1.54, 1.807) is 0 Å². The van der Waals surface area contributed by atoms with Crippen LogP contribution in [0.1, 0.15) is 40.5 Å². The van der Waals surface area contributed by atoms with Crippen molar-refractivity contribution in [1.82, 2.24) is 0 Å². The molecule has 19 heavy (non-hydrogen) atoms. The first-order valence-electron chi connectivity index (χ1n) is 7.15. The van der Waals surface area contributed by atoms with Crippen molar-refractivity contribution in [3.8, 4) is 0 Å². The zero-order chi connectivity index (χ0) is 14.3. The molecule has 1 rings (SSSR count). The number of rotatable bonds is 4. The Bertz CT molecular complexity index is 390. The van der Waals surface area contributed by atoms with Gasteiger partial charge >= 0.3 is 0 Å².